The topological polar surface area (TPSA) is 109 Å². The van der Waals surface area contributed by atoms with E-state index in [1.807, 2.05) is 0 Å². The molecule has 0 bridgehead atoms. The van der Waals surface area contributed by atoms with Gasteiger partial charge in [0.1, 0.15) is 0 Å². The van der Waals surface area contributed by atoms with Gasteiger partial charge in [0.2, 0.25) is 0 Å². The van der Waals surface area contributed by atoms with Gasteiger partial charge in [0, 0.05) is 0 Å². The third kappa shape index (κ3) is 2.96. The number of hydrogen-bond acceptors (Lipinski definition) is 4. The van der Waals surface area contributed by atoms with Crippen LogP contribution in [0.1, 0.15) is 18.1 Å². The van der Waals surface area contributed by atoms with Gasteiger partial charge in [-0.2, -0.15) is 16.8 Å². The summed E-state index contributed by atoms with van der Waals surface area (Å²) < 4.78 is 62.5. The van der Waals surface area contributed by atoms with Crippen molar-refractivity contribution >= 4 is 25.1 Å². The van der Waals surface area contributed by atoms with Crippen LogP contribution in [0.4, 0.5) is 0 Å². The minimum absolute atomic E-state index is 0.0233. The lowest BCUT2D eigenvalue weighted by Gasteiger charge is -2.10. The molecule has 1 aromatic rings. The molecule has 1 aromatic carbocycles. The minimum Gasteiger partial charge on any atom is -0.282 e. The van der Waals surface area contributed by atoms with E-state index in [1.54, 1.807) is 0 Å². The second-order valence-corrected chi connectivity index (χ2v) is 6.31. The van der Waals surface area contributed by atoms with E-state index in [0.717, 1.165) is 12.1 Å². The normalized spacial score (nSPS) is 13.7. The minimum atomic E-state index is -4.47. The molecular weight excluding hydrogens is 280 g/mol. The molecule has 2 N–H and O–H groups in total. The first-order valence-electron chi connectivity index (χ1n) is 4.80. The summed E-state index contributed by atoms with van der Waals surface area (Å²) in [5.41, 5.74) is 0.0702. The molecule has 0 aromatic heterocycles. The van der Waals surface area contributed by atoms with Crippen LogP contribution in [0.15, 0.2) is 29.2 Å². The first-order chi connectivity index (χ1) is 8.09. The van der Waals surface area contributed by atoms with Gasteiger partial charge in [0.15, 0.2) is 0 Å². The van der Waals surface area contributed by atoms with Crippen molar-refractivity contribution in [1.82, 2.24) is 0 Å². The first kappa shape index (κ1) is 14.8. The maximum atomic E-state index is 11.2. The number of benzene rings is 1. The van der Waals surface area contributed by atoms with E-state index in [1.165, 1.54) is 26.0 Å². The molecule has 0 unspecified atom stereocenters. The summed E-state index contributed by atoms with van der Waals surface area (Å²) in [5, 5.41) is 0. The van der Waals surface area contributed by atoms with Gasteiger partial charge >= 0.3 is 0 Å². The van der Waals surface area contributed by atoms with Crippen LogP contribution in [0, 0.1) is 6.92 Å². The first-order valence-corrected chi connectivity index (χ1v) is 7.68. The van der Waals surface area contributed by atoms with Crippen molar-refractivity contribution in [2.24, 2.45) is 0 Å². The van der Waals surface area contributed by atoms with Crippen molar-refractivity contribution in [3.63, 3.8) is 0 Å². The molecule has 18 heavy (non-hydrogen) atoms. The van der Waals surface area contributed by atoms with Crippen molar-refractivity contribution in [2.45, 2.75) is 18.7 Å². The standard InChI is InChI=1S/C10H12O6S2/c1-3-9(17(11,12)13)8-5-4-6-10(7(8)2)18(14,15)16/h3-6H,1-2H3,(H,11,12,13)(H,14,15,16)/b9-3+. The van der Waals surface area contributed by atoms with Crippen molar-refractivity contribution in [1.29, 1.82) is 0 Å². The van der Waals surface area contributed by atoms with Gasteiger partial charge in [-0.1, -0.05) is 18.2 Å². The van der Waals surface area contributed by atoms with Gasteiger partial charge in [-0.15, -0.1) is 0 Å². The molecule has 0 heterocycles. The maximum Gasteiger partial charge on any atom is 0.294 e. The zero-order valence-corrected chi connectivity index (χ0v) is 11.3. The van der Waals surface area contributed by atoms with Crippen LogP contribution in [-0.4, -0.2) is 25.9 Å². The molecule has 0 amide bonds. The molecule has 100 valence electrons. The van der Waals surface area contributed by atoms with Crippen molar-refractivity contribution < 1.29 is 25.9 Å². The third-order valence-corrected chi connectivity index (χ3v) is 4.38. The molecule has 6 nitrogen and oxygen atoms in total. The van der Waals surface area contributed by atoms with Crippen molar-refractivity contribution in [3.05, 3.63) is 35.4 Å². The molecule has 0 spiro atoms. The fourth-order valence-electron chi connectivity index (χ4n) is 1.60. The van der Waals surface area contributed by atoms with E-state index in [0.29, 0.717) is 0 Å². The Labute approximate surface area is 105 Å². The summed E-state index contributed by atoms with van der Waals surface area (Å²) >= 11 is 0. The lowest BCUT2D eigenvalue weighted by atomic mass is 10.1. The third-order valence-electron chi connectivity index (χ3n) is 2.37. The Morgan fingerprint density at radius 1 is 1.17 bits per heavy atom. The average Bonchev–Trinajstić information content (AvgIpc) is 2.17. The highest BCUT2D eigenvalue weighted by molar-refractivity contribution is 7.95. The second-order valence-electron chi connectivity index (χ2n) is 3.53. The molecule has 0 saturated heterocycles. The van der Waals surface area contributed by atoms with Gasteiger partial charge < -0.3 is 0 Å². The largest absolute Gasteiger partial charge is 0.294 e. The number of rotatable bonds is 3. The molecule has 1 rings (SSSR count). The number of hydrogen-bond donors (Lipinski definition) is 2. The van der Waals surface area contributed by atoms with Crippen molar-refractivity contribution in [3.8, 4) is 0 Å². The summed E-state index contributed by atoms with van der Waals surface area (Å²) in [4.78, 5) is -0.812. The lowest BCUT2D eigenvalue weighted by molar-refractivity contribution is 0.482. The zero-order chi connectivity index (χ0) is 14.1. The van der Waals surface area contributed by atoms with Crippen LogP contribution >= 0.6 is 0 Å². The second kappa shape index (κ2) is 4.81. The van der Waals surface area contributed by atoms with Crippen LogP contribution in [-0.2, 0) is 20.2 Å². The highest BCUT2D eigenvalue weighted by atomic mass is 32.2. The molecule has 0 aliphatic heterocycles. The maximum absolute atomic E-state index is 11.2. The van der Waals surface area contributed by atoms with Crippen LogP contribution in [0.5, 0.6) is 0 Å². The molecule has 0 radical (unpaired) electrons. The summed E-state index contributed by atoms with van der Waals surface area (Å²) in [6, 6.07) is 3.76. The van der Waals surface area contributed by atoms with Crippen LogP contribution < -0.4 is 0 Å². The Balaban J connectivity index is 3.66. The van der Waals surface area contributed by atoms with Crippen LogP contribution in [0.3, 0.4) is 0 Å². The smallest absolute Gasteiger partial charge is 0.282 e. The summed E-state index contributed by atoms with van der Waals surface area (Å²) in [7, 11) is -8.92. The SMILES string of the molecule is C/C=C(\c1cccc(S(=O)(=O)O)c1C)S(=O)(=O)O. The summed E-state index contributed by atoms with van der Waals surface area (Å²) in [6.45, 7) is 2.73. The van der Waals surface area contributed by atoms with Crippen molar-refractivity contribution in [2.75, 3.05) is 0 Å². The molecule has 0 aliphatic rings. The van der Waals surface area contributed by atoms with Gasteiger partial charge in [0.25, 0.3) is 20.2 Å². The Hall–Kier alpha value is -1.22. The fourth-order valence-corrected chi connectivity index (χ4v) is 3.15. The fraction of sp³-hybridized carbons (Fsp3) is 0.200. The van der Waals surface area contributed by atoms with E-state index in [4.69, 9.17) is 9.11 Å². The van der Waals surface area contributed by atoms with Gasteiger partial charge in [-0.25, -0.2) is 0 Å². The van der Waals surface area contributed by atoms with Gasteiger partial charge in [-0.05, 0) is 31.0 Å². The molecule has 0 aliphatic carbocycles. The molecule has 0 atom stereocenters. The Bertz CT molecular complexity index is 698. The van der Waals surface area contributed by atoms with E-state index in [-0.39, 0.29) is 11.1 Å². The Kier molecular flexibility index (Phi) is 3.96. The van der Waals surface area contributed by atoms with Crippen LogP contribution in [0.25, 0.3) is 4.91 Å². The van der Waals surface area contributed by atoms with Crippen LogP contribution in [0.2, 0.25) is 0 Å². The molecule has 0 saturated carbocycles. The molecular formula is C10H12O6S2. The quantitative estimate of drug-likeness (QED) is 0.817. The van der Waals surface area contributed by atoms with E-state index < -0.39 is 30.0 Å². The van der Waals surface area contributed by atoms with E-state index in [9.17, 15) is 16.8 Å². The predicted octanol–water partition coefficient (Wildman–Crippen LogP) is 1.49. The van der Waals surface area contributed by atoms with E-state index >= 15 is 0 Å². The zero-order valence-electron chi connectivity index (χ0n) is 9.65. The van der Waals surface area contributed by atoms with Gasteiger partial charge in [-0.3, -0.25) is 9.11 Å². The highest BCUT2D eigenvalue weighted by Gasteiger charge is 2.21. The monoisotopic (exact) mass is 292 g/mol. The number of allylic oxidation sites excluding steroid dienone is 1. The predicted molar refractivity (Wildman–Crippen MR) is 66.2 cm³/mol. The molecule has 8 heteroatoms. The Morgan fingerprint density at radius 3 is 2.11 bits per heavy atom. The lowest BCUT2D eigenvalue weighted by Crippen LogP contribution is -2.07. The summed E-state index contributed by atoms with van der Waals surface area (Å²) in [6.07, 6.45) is 1.14. The Morgan fingerprint density at radius 2 is 1.72 bits per heavy atom. The summed E-state index contributed by atoms with van der Waals surface area (Å²) in [5.74, 6) is 0. The average molecular weight is 292 g/mol. The molecule has 0 fully saturated rings. The van der Waals surface area contributed by atoms with E-state index in [2.05, 4.69) is 0 Å². The highest BCUT2D eigenvalue weighted by Crippen LogP contribution is 2.27. The van der Waals surface area contributed by atoms with Gasteiger partial charge in [0.05, 0.1) is 9.80 Å².